The van der Waals surface area contributed by atoms with E-state index in [1.54, 1.807) is 12.0 Å². The van der Waals surface area contributed by atoms with Crippen molar-refractivity contribution in [2.75, 3.05) is 31.7 Å². The van der Waals surface area contributed by atoms with Crippen LogP contribution in [0.25, 0.3) is 0 Å². The number of carbonyl (C=O) groups is 1. The van der Waals surface area contributed by atoms with Gasteiger partial charge in [0.05, 0.1) is 24.7 Å². The van der Waals surface area contributed by atoms with E-state index in [0.29, 0.717) is 19.6 Å². The number of hydrogen-bond acceptors (Lipinski definition) is 5. The van der Waals surface area contributed by atoms with E-state index in [4.69, 9.17) is 4.74 Å². The SMILES string of the molecule is COc1ccc(CN2CCN(C(=O)C(C)(C)C)[C@@H]3CS(=O)(=O)C[C@@H]32)cc1. The molecule has 1 amide bonds. The molecule has 0 aliphatic carbocycles. The highest BCUT2D eigenvalue weighted by Crippen LogP contribution is 2.31. The van der Waals surface area contributed by atoms with Gasteiger partial charge in [0.25, 0.3) is 0 Å². The predicted octanol–water partition coefficient (Wildman–Crippen LogP) is 1.55. The summed E-state index contributed by atoms with van der Waals surface area (Å²) < 4.78 is 29.8. The Morgan fingerprint density at radius 1 is 1.12 bits per heavy atom. The van der Waals surface area contributed by atoms with Crippen molar-refractivity contribution in [3.8, 4) is 5.75 Å². The van der Waals surface area contributed by atoms with Gasteiger partial charge in [-0.05, 0) is 17.7 Å². The molecular weight excluding hydrogens is 352 g/mol. The van der Waals surface area contributed by atoms with Crippen LogP contribution in [0.4, 0.5) is 0 Å². The van der Waals surface area contributed by atoms with Crippen molar-refractivity contribution in [3.05, 3.63) is 29.8 Å². The summed E-state index contributed by atoms with van der Waals surface area (Å²) in [6.45, 7) is 7.60. The zero-order chi connectivity index (χ0) is 19.1. The van der Waals surface area contributed by atoms with E-state index in [2.05, 4.69) is 4.90 Å². The molecule has 2 saturated heterocycles. The molecule has 7 heteroatoms. The standard InChI is InChI=1S/C19H28N2O4S/c1-19(2,3)18(22)21-10-9-20(16-12-26(23,24)13-17(16)21)11-14-5-7-15(25-4)8-6-14/h5-8,16-17H,9-13H2,1-4H3/t16-,17+/m0/s1. The lowest BCUT2D eigenvalue weighted by Crippen LogP contribution is -2.61. The molecule has 0 bridgehead atoms. The van der Waals surface area contributed by atoms with Crippen LogP contribution in [0.15, 0.2) is 24.3 Å². The number of rotatable bonds is 3. The van der Waals surface area contributed by atoms with Crippen molar-refractivity contribution in [1.82, 2.24) is 9.80 Å². The molecule has 2 aliphatic heterocycles. The quantitative estimate of drug-likeness (QED) is 0.796. The van der Waals surface area contributed by atoms with Crippen molar-refractivity contribution < 1.29 is 17.9 Å². The van der Waals surface area contributed by atoms with Crippen molar-refractivity contribution in [1.29, 1.82) is 0 Å². The molecule has 0 unspecified atom stereocenters. The number of ether oxygens (including phenoxy) is 1. The fourth-order valence-electron chi connectivity index (χ4n) is 3.87. The van der Waals surface area contributed by atoms with Crippen LogP contribution in [0.1, 0.15) is 26.3 Å². The number of hydrogen-bond donors (Lipinski definition) is 0. The number of piperazine rings is 1. The fraction of sp³-hybridized carbons (Fsp3) is 0.632. The molecule has 0 saturated carbocycles. The summed E-state index contributed by atoms with van der Waals surface area (Å²) >= 11 is 0. The number of amides is 1. The number of carbonyl (C=O) groups excluding carboxylic acids is 1. The van der Waals surface area contributed by atoms with Gasteiger partial charge < -0.3 is 9.64 Å². The fourth-order valence-corrected chi connectivity index (χ4v) is 5.88. The molecular formula is C19H28N2O4S. The van der Waals surface area contributed by atoms with Crippen LogP contribution < -0.4 is 4.74 Å². The van der Waals surface area contributed by atoms with Crippen LogP contribution in [0.5, 0.6) is 5.75 Å². The molecule has 2 aliphatic rings. The summed E-state index contributed by atoms with van der Waals surface area (Å²) in [7, 11) is -1.50. The third-order valence-corrected chi connectivity index (χ3v) is 6.94. The predicted molar refractivity (Wildman–Crippen MR) is 101 cm³/mol. The minimum atomic E-state index is -3.13. The molecule has 2 fully saturated rings. The highest BCUT2D eigenvalue weighted by atomic mass is 32.2. The number of nitrogens with zero attached hydrogens (tertiary/aromatic N) is 2. The first-order valence-corrected chi connectivity index (χ1v) is 10.8. The number of benzene rings is 1. The van der Waals surface area contributed by atoms with Gasteiger partial charge in [0.15, 0.2) is 9.84 Å². The smallest absolute Gasteiger partial charge is 0.228 e. The maximum Gasteiger partial charge on any atom is 0.228 e. The minimum Gasteiger partial charge on any atom is -0.497 e. The highest BCUT2D eigenvalue weighted by Gasteiger charge is 2.49. The summed E-state index contributed by atoms with van der Waals surface area (Å²) in [5, 5.41) is 0. The van der Waals surface area contributed by atoms with Crippen LogP contribution in [0, 0.1) is 5.41 Å². The van der Waals surface area contributed by atoms with Gasteiger partial charge in [-0.1, -0.05) is 32.9 Å². The molecule has 2 atom stereocenters. The summed E-state index contributed by atoms with van der Waals surface area (Å²) in [6.07, 6.45) is 0. The van der Waals surface area contributed by atoms with E-state index < -0.39 is 15.3 Å². The van der Waals surface area contributed by atoms with Gasteiger partial charge in [0, 0.05) is 31.1 Å². The largest absolute Gasteiger partial charge is 0.497 e. The maximum atomic E-state index is 12.8. The van der Waals surface area contributed by atoms with Gasteiger partial charge in [0.1, 0.15) is 5.75 Å². The number of fused-ring (bicyclic) bond motifs is 1. The molecule has 2 heterocycles. The molecule has 3 rings (SSSR count). The second kappa shape index (κ2) is 6.85. The molecule has 1 aromatic rings. The van der Waals surface area contributed by atoms with Crippen LogP contribution in [0.3, 0.4) is 0 Å². The van der Waals surface area contributed by atoms with E-state index in [9.17, 15) is 13.2 Å². The van der Waals surface area contributed by atoms with Crippen LogP contribution in [-0.4, -0.2) is 67.9 Å². The lowest BCUT2D eigenvalue weighted by Gasteiger charge is -2.45. The number of sulfone groups is 1. The Morgan fingerprint density at radius 2 is 1.73 bits per heavy atom. The Balaban J connectivity index is 1.81. The molecule has 0 N–H and O–H groups in total. The highest BCUT2D eigenvalue weighted by molar-refractivity contribution is 7.91. The van der Waals surface area contributed by atoms with Gasteiger partial charge in [-0.3, -0.25) is 9.69 Å². The van der Waals surface area contributed by atoms with Gasteiger partial charge in [-0.25, -0.2) is 8.42 Å². The Morgan fingerprint density at radius 3 is 2.31 bits per heavy atom. The third-order valence-electron chi connectivity index (χ3n) is 5.24. The number of methoxy groups -OCH3 is 1. The lowest BCUT2D eigenvalue weighted by atomic mass is 9.92. The van der Waals surface area contributed by atoms with Gasteiger partial charge in [0.2, 0.25) is 5.91 Å². The third kappa shape index (κ3) is 3.88. The average Bonchev–Trinajstić information content (AvgIpc) is 2.90. The van der Waals surface area contributed by atoms with E-state index in [0.717, 1.165) is 11.3 Å². The van der Waals surface area contributed by atoms with E-state index in [-0.39, 0.29) is 29.5 Å². The molecule has 0 radical (unpaired) electrons. The summed E-state index contributed by atoms with van der Waals surface area (Å²) in [5.41, 5.74) is 0.610. The monoisotopic (exact) mass is 380 g/mol. The zero-order valence-electron chi connectivity index (χ0n) is 15.9. The normalized spacial score (nSPS) is 25.8. The summed E-state index contributed by atoms with van der Waals surface area (Å²) in [5.74, 6) is 1.03. The van der Waals surface area contributed by atoms with Gasteiger partial charge in [-0.15, -0.1) is 0 Å². The van der Waals surface area contributed by atoms with E-state index in [1.807, 2.05) is 45.0 Å². The topological polar surface area (TPSA) is 66.9 Å². The van der Waals surface area contributed by atoms with Crippen LogP contribution in [-0.2, 0) is 21.2 Å². The van der Waals surface area contributed by atoms with Crippen LogP contribution in [0.2, 0.25) is 0 Å². The van der Waals surface area contributed by atoms with E-state index in [1.165, 1.54) is 0 Å². The van der Waals surface area contributed by atoms with Crippen LogP contribution >= 0.6 is 0 Å². The molecule has 6 nitrogen and oxygen atoms in total. The maximum absolute atomic E-state index is 12.8. The second-order valence-electron chi connectivity index (χ2n) is 8.28. The molecule has 1 aromatic carbocycles. The first-order chi connectivity index (χ1) is 12.1. The Bertz CT molecular complexity index is 768. The molecule has 26 heavy (non-hydrogen) atoms. The molecule has 144 valence electrons. The Kier molecular flexibility index (Phi) is 5.05. The first-order valence-electron chi connectivity index (χ1n) is 8.99. The zero-order valence-corrected chi connectivity index (χ0v) is 16.8. The average molecular weight is 381 g/mol. The molecule has 0 spiro atoms. The first kappa shape index (κ1) is 19.2. The summed E-state index contributed by atoms with van der Waals surface area (Å²) in [6, 6.07) is 7.45. The van der Waals surface area contributed by atoms with Gasteiger partial charge >= 0.3 is 0 Å². The van der Waals surface area contributed by atoms with Gasteiger partial charge in [-0.2, -0.15) is 0 Å². The van der Waals surface area contributed by atoms with Crippen molar-refractivity contribution >= 4 is 15.7 Å². The molecule has 0 aromatic heterocycles. The van der Waals surface area contributed by atoms with E-state index >= 15 is 0 Å². The summed E-state index contributed by atoms with van der Waals surface area (Å²) in [4.78, 5) is 16.8. The lowest BCUT2D eigenvalue weighted by molar-refractivity contribution is -0.145. The van der Waals surface area contributed by atoms with Crippen molar-refractivity contribution in [3.63, 3.8) is 0 Å². The second-order valence-corrected chi connectivity index (χ2v) is 10.4. The Labute approximate surface area is 156 Å². The Hall–Kier alpha value is -1.60. The minimum absolute atomic E-state index is 0.0358. The van der Waals surface area contributed by atoms with Crippen molar-refractivity contribution in [2.24, 2.45) is 5.41 Å². The van der Waals surface area contributed by atoms with Crippen molar-refractivity contribution in [2.45, 2.75) is 39.4 Å².